The number of hydrogen-bond donors (Lipinski definition) is 4. The van der Waals surface area contributed by atoms with Crippen molar-refractivity contribution in [3.8, 4) is 0 Å². The standard InChI is InChI=1S/C33H32ClF3N4O4/c1-20(42)17-41(18-21(2)43)19-23-6-5-9-26(12-23)31(44)39-30-15-25-8-4-3-7-24(25)14-27(30)32(45)40-38-16-22-10-11-29(34)28(13-22)33(35,36)37/h3-16,20-21,42-43H,17-19H2,1-2H3,(H,39,44)(H,40,45)/b38-16+. The van der Waals surface area contributed by atoms with Gasteiger partial charge < -0.3 is 15.5 Å². The molecule has 0 aliphatic carbocycles. The molecule has 4 aromatic carbocycles. The highest BCUT2D eigenvalue weighted by atomic mass is 35.5. The number of benzene rings is 4. The molecule has 0 aliphatic rings. The predicted octanol–water partition coefficient (Wildman–Crippen LogP) is 6.09. The number of carbonyl (C=O) groups excluding carboxylic acids is 2. The Morgan fingerprint density at radius 2 is 1.58 bits per heavy atom. The van der Waals surface area contributed by atoms with E-state index in [9.17, 15) is 33.0 Å². The van der Waals surface area contributed by atoms with Crippen LogP contribution in [0.3, 0.4) is 0 Å². The summed E-state index contributed by atoms with van der Waals surface area (Å²) in [4.78, 5) is 28.5. The van der Waals surface area contributed by atoms with E-state index >= 15 is 0 Å². The van der Waals surface area contributed by atoms with Gasteiger partial charge in [-0.05, 0) is 72.1 Å². The predicted molar refractivity (Wildman–Crippen MR) is 168 cm³/mol. The number of aliphatic hydroxyl groups excluding tert-OH is 2. The molecule has 0 bridgehead atoms. The van der Waals surface area contributed by atoms with Crippen molar-refractivity contribution in [1.29, 1.82) is 0 Å². The number of hydrazone groups is 1. The average Bonchev–Trinajstić information content (AvgIpc) is 2.96. The zero-order valence-electron chi connectivity index (χ0n) is 24.5. The molecule has 0 saturated carbocycles. The zero-order valence-corrected chi connectivity index (χ0v) is 25.2. The molecule has 0 radical (unpaired) electrons. The van der Waals surface area contributed by atoms with Crippen LogP contribution in [0.25, 0.3) is 10.8 Å². The minimum atomic E-state index is -4.66. The van der Waals surface area contributed by atoms with Crippen LogP contribution in [0.1, 0.15) is 51.3 Å². The first-order valence-corrected chi connectivity index (χ1v) is 14.4. The number of rotatable bonds is 11. The summed E-state index contributed by atoms with van der Waals surface area (Å²) in [5.74, 6) is -1.18. The minimum Gasteiger partial charge on any atom is -0.392 e. The SMILES string of the molecule is CC(O)CN(Cc1cccc(C(=O)Nc2cc3ccccc3cc2C(=O)N/N=C/c2ccc(Cl)c(C(F)(F)F)c2)c1)CC(C)O. The van der Waals surface area contributed by atoms with Crippen molar-refractivity contribution < 1.29 is 33.0 Å². The van der Waals surface area contributed by atoms with Crippen molar-refractivity contribution in [2.75, 3.05) is 18.4 Å². The fourth-order valence-corrected chi connectivity index (χ4v) is 5.04. The minimum absolute atomic E-state index is 0.0689. The number of amides is 2. The third-order valence-corrected chi connectivity index (χ3v) is 7.02. The fourth-order valence-electron chi connectivity index (χ4n) is 4.81. The quantitative estimate of drug-likeness (QED) is 0.117. The first-order chi connectivity index (χ1) is 21.3. The van der Waals surface area contributed by atoms with Gasteiger partial charge in [-0.2, -0.15) is 18.3 Å². The highest BCUT2D eigenvalue weighted by Gasteiger charge is 2.33. The van der Waals surface area contributed by atoms with E-state index in [1.165, 1.54) is 6.07 Å². The number of hydrogen-bond acceptors (Lipinski definition) is 6. The van der Waals surface area contributed by atoms with Crippen LogP contribution in [-0.2, 0) is 12.7 Å². The molecule has 0 fully saturated rings. The maximum atomic E-state index is 13.4. The van der Waals surface area contributed by atoms with Gasteiger partial charge in [-0.25, -0.2) is 5.43 Å². The van der Waals surface area contributed by atoms with Crippen molar-refractivity contribution in [3.63, 3.8) is 0 Å². The summed E-state index contributed by atoms with van der Waals surface area (Å²) in [7, 11) is 0. The fraction of sp³-hybridized carbons (Fsp3) is 0.242. The number of nitrogens with zero attached hydrogens (tertiary/aromatic N) is 2. The summed E-state index contributed by atoms with van der Waals surface area (Å²) < 4.78 is 39.6. The van der Waals surface area contributed by atoms with Crippen LogP contribution in [-0.4, -0.2) is 58.4 Å². The Kier molecular flexibility index (Phi) is 10.9. The van der Waals surface area contributed by atoms with E-state index in [1.807, 2.05) is 23.1 Å². The Labute approximate surface area is 263 Å². The Morgan fingerprint density at radius 1 is 0.911 bits per heavy atom. The molecule has 2 amide bonds. The maximum absolute atomic E-state index is 13.4. The first kappa shape index (κ1) is 33.6. The van der Waals surface area contributed by atoms with Crippen molar-refractivity contribution in [2.24, 2.45) is 5.10 Å². The summed E-state index contributed by atoms with van der Waals surface area (Å²) in [6.45, 7) is 4.37. The number of alkyl halides is 3. The summed E-state index contributed by atoms with van der Waals surface area (Å²) >= 11 is 5.67. The number of carbonyl (C=O) groups is 2. The molecular formula is C33H32ClF3N4O4. The second-order valence-corrected chi connectivity index (χ2v) is 11.1. The molecular weight excluding hydrogens is 609 g/mol. The number of fused-ring (bicyclic) bond motifs is 1. The van der Waals surface area contributed by atoms with Gasteiger partial charge in [0.05, 0.1) is 40.3 Å². The van der Waals surface area contributed by atoms with Crippen LogP contribution in [0.4, 0.5) is 18.9 Å². The van der Waals surface area contributed by atoms with Gasteiger partial charge in [0.1, 0.15) is 0 Å². The summed E-state index contributed by atoms with van der Waals surface area (Å²) in [5.41, 5.74) is 2.75. The molecule has 4 aromatic rings. The van der Waals surface area contributed by atoms with E-state index in [0.29, 0.717) is 25.2 Å². The normalized spacial score (nSPS) is 13.3. The third-order valence-electron chi connectivity index (χ3n) is 6.69. The summed E-state index contributed by atoms with van der Waals surface area (Å²) in [6, 6.07) is 20.6. The summed E-state index contributed by atoms with van der Waals surface area (Å²) in [5, 5.41) is 27.3. The molecule has 0 heterocycles. The largest absolute Gasteiger partial charge is 0.417 e. The van der Waals surface area contributed by atoms with Crippen molar-refractivity contribution >= 4 is 46.1 Å². The molecule has 45 heavy (non-hydrogen) atoms. The zero-order chi connectivity index (χ0) is 32.7. The van der Waals surface area contributed by atoms with Crippen LogP contribution in [0.2, 0.25) is 5.02 Å². The lowest BCUT2D eigenvalue weighted by molar-refractivity contribution is -0.137. The van der Waals surface area contributed by atoms with E-state index in [0.717, 1.165) is 34.7 Å². The van der Waals surface area contributed by atoms with Crippen LogP contribution in [0.15, 0.2) is 84.0 Å². The first-order valence-electron chi connectivity index (χ1n) is 14.0. The van der Waals surface area contributed by atoms with E-state index in [4.69, 9.17) is 11.6 Å². The highest BCUT2D eigenvalue weighted by molar-refractivity contribution is 6.31. The number of anilines is 1. The monoisotopic (exact) mass is 640 g/mol. The molecule has 236 valence electrons. The Hall–Kier alpha value is -4.29. The highest BCUT2D eigenvalue weighted by Crippen LogP contribution is 2.35. The van der Waals surface area contributed by atoms with E-state index in [2.05, 4.69) is 15.8 Å². The van der Waals surface area contributed by atoms with Gasteiger partial charge in [0, 0.05) is 25.2 Å². The Balaban J connectivity index is 1.56. The molecule has 2 unspecified atom stereocenters. The van der Waals surface area contributed by atoms with Crippen LogP contribution < -0.4 is 10.7 Å². The van der Waals surface area contributed by atoms with Crippen LogP contribution in [0, 0.1) is 0 Å². The molecule has 4 rings (SSSR count). The molecule has 2 atom stereocenters. The van der Waals surface area contributed by atoms with E-state index < -0.39 is 40.8 Å². The summed E-state index contributed by atoms with van der Waals surface area (Å²) in [6.07, 6.45) is -4.81. The van der Waals surface area contributed by atoms with Gasteiger partial charge in [-0.3, -0.25) is 14.5 Å². The molecule has 8 nitrogen and oxygen atoms in total. The Morgan fingerprint density at radius 3 is 2.22 bits per heavy atom. The van der Waals surface area contributed by atoms with Crippen LogP contribution >= 0.6 is 11.6 Å². The maximum Gasteiger partial charge on any atom is 0.417 e. The lowest BCUT2D eigenvalue weighted by atomic mass is 10.0. The average molecular weight is 641 g/mol. The second kappa shape index (κ2) is 14.7. The van der Waals surface area contributed by atoms with Gasteiger partial charge in [0.25, 0.3) is 11.8 Å². The molecule has 0 saturated heterocycles. The van der Waals surface area contributed by atoms with Crippen LogP contribution in [0.5, 0.6) is 0 Å². The van der Waals surface area contributed by atoms with Gasteiger partial charge in [-0.1, -0.05) is 54.1 Å². The Bertz CT molecular complexity index is 1700. The topological polar surface area (TPSA) is 114 Å². The van der Waals surface area contributed by atoms with E-state index in [1.54, 1.807) is 56.3 Å². The van der Waals surface area contributed by atoms with Gasteiger partial charge in [-0.15, -0.1) is 0 Å². The van der Waals surface area contributed by atoms with Gasteiger partial charge in [0.2, 0.25) is 0 Å². The second-order valence-electron chi connectivity index (χ2n) is 10.7. The number of nitrogens with one attached hydrogen (secondary N) is 2. The lowest BCUT2D eigenvalue weighted by Gasteiger charge is -2.25. The van der Waals surface area contributed by atoms with E-state index in [-0.39, 0.29) is 16.8 Å². The molecule has 0 aromatic heterocycles. The van der Waals surface area contributed by atoms with Crippen molar-refractivity contribution in [2.45, 2.75) is 38.8 Å². The number of halogens is 4. The lowest BCUT2D eigenvalue weighted by Crippen LogP contribution is -2.35. The van der Waals surface area contributed by atoms with Crippen molar-refractivity contribution in [3.05, 3.63) is 112 Å². The molecule has 4 N–H and O–H groups in total. The van der Waals surface area contributed by atoms with Gasteiger partial charge in [0.15, 0.2) is 0 Å². The molecule has 0 aliphatic heterocycles. The third kappa shape index (κ3) is 9.35. The smallest absolute Gasteiger partial charge is 0.392 e. The molecule has 12 heteroatoms. The van der Waals surface area contributed by atoms with Gasteiger partial charge >= 0.3 is 6.18 Å². The van der Waals surface area contributed by atoms with Crippen molar-refractivity contribution in [1.82, 2.24) is 10.3 Å². The molecule has 0 spiro atoms. The number of aliphatic hydroxyl groups is 2.